The summed E-state index contributed by atoms with van der Waals surface area (Å²) in [6.45, 7) is 1.08. The maximum atomic E-state index is 9.00. The van der Waals surface area contributed by atoms with Crippen molar-refractivity contribution in [3.63, 3.8) is 0 Å². The van der Waals surface area contributed by atoms with Gasteiger partial charge in [-0.05, 0) is 0 Å². The Kier molecular flexibility index (Phi) is 240. The van der Waals surface area contributed by atoms with Gasteiger partial charge >= 0.3 is 23.1 Å². The van der Waals surface area contributed by atoms with Gasteiger partial charge in [-0.2, -0.15) is 0 Å². The van der Waals surface area contributed by atoms with Crippen LogP contribution in [0, 0.1) is 0 Å². The molecule has 0 aliphatic rings. The van der Waals surface area contributed by atoms with Crippen molar-refractivity contribution in [2.75, 3.05) is 0 Å². The molecule has 0 aromatic carbocycles. The molecule has 0 amide bonds. The van der Waals surface area contributed by atoms with Crippen LogP contribution in [0.3, 0.4) is 0 Å². The number of carboxylic acids is 1. The zero-order valence-electron chi connectivity index (χ0n) is 7.20. The van der Waals surface area contributed by atoms with Crippen LogP contribution in [0.15, 0.2) is 0 Å². The van der Waals surface area contributed by atoms with Crippen LogP contribution in [0.5, 0.6) is 0 Å². The number of carbonyl (C=O) groups is 1. The Morgan fingerprint density at radius 2 is 1.20 bits per heavy atom. The normalized spacial score (nSPS) is 2.50. The monoisotopic (exact) mass is 320 g/mol. The summed E-state index contributed by atoms with van der Waals surface area (Å²) in [5.74, 6) is -0.833. The van der Waals surface area contributed by atoms with Gasteiger partial charge in [0, 0.05) is 33.1 Å². The van der Waals surface area contributed by atoms with Crippen LogP contribution in [0.4, 0.5) is 0 Å². The number of hydrogen-bond acceptors (Lipinski definition) is 1. The van der Waals surface area contributed by atoms with Gasteiger partial charge in [0.1, 0.15) is 0 Å². The summed E-state index contributed by atoms with van der Waals surface area (Å²) < 4.78 is 0. The van der Waals surface area contributed by atoms with Crippen molar-refractivity contribution in [2.24, 2.45) is 0 Å². The van der Waals surface area contributed by atoms with Crippen LogP contribution in [-0.2, 0) is 31.0 Å². The number of hydrogen-bond donors (Lipinski definition) is 1. The van der Waals surface area contributed by atoms with E-state index in [1.807, 2.05) is 0 Å². The van der Waals surface area contributed by atoms with Crippen LogP contribution < -0.4 is 0 Å². The van der Waals surface area contributed by atoms with E-state index in [0.717, 1.165) is 6.92 Å². The van der Waals surface area contributed by atoms with Crippen molar-refractivity contribution in [1.82, 2.24) is 0 Å². The minimum atomic E-state index is -0.833. The Morgan fingerprint density at radius 3 is 1.20 bits per heavy atom. The molecule has 0 aromatic heterocycles. The molecule has 0 saturated carbocycles. The minimum Gasteiger partial charge on any atom is -1.00 e. The molecule has 0 aliphatic heterocycles. The fraction of sp³-hybridized carbons (Fsp3) is 0.500. The molecule has 0 radical (unpaired) electrons. The molecule has 10 heavy (non-hydrogen) atoms. The standard InChI is InChI=1S/C2H4O2.4ClH.Mg.Zr.2H/c1-2(3)4;;;;;;;;/h1H3,(H,3,4);4*1H;;;;/q;;;;;+2;;2*-1. The van der Waals surface area contributed by atoms with Crippen LogP contribution in [0.1, 0.15) is 9.78 Å². The zero-order valence-corrected chi connectivity index (χ0v) is 12.3. The first-order valence-corrected chi connectivity index (χ1v) is 0.928. The van der Waals surface area contributed by atoms with E-state index in [0.29, 0.717) is 0 Å². The Hall–Kier alpha value is 2.28. The van der Waals surface area contributed by atoms with Crippen molar-refractivity contribution >= 4 is 78.7 Å². The molecule has 0 saturated heterocycles. The molecule has 0 aromatic rings. The van der Waals surface area contributed by atoms with Crippen molar-refractivity contribution in [1.29, 1.82) is 0 Å². The number of aliphatic carboxylic acids is 1. The van der Waals surface area contributed by atoms with Crippen LogP contribution in [0.2, 0.25) is 0 Å². The fourth-order valence-electron chi connectivity index (χ4n) is 0. The Bertz CT molecular complexity index is 52.0. The summed E-state index contributed by atoms with van der Waals surface area (Å²) >= 11 is 0. The smallest absolute Gasteiger partial charge is 1.00 e. The van der Waals surface area contributed by atoms with Gasteiger partial charge in [0.25, 0.3) is 5.97 Å². The van der Waals surface area contributed by atoms with E-state index in [4.69, 9.17) is 9.90 Å². The average Bonchev–Trinajstić information content (AvgIpc) is 0.811. The molecule has 0 spiro atoms. The minimum absolute atomic E-state index is 0. The van der Waals surface area contributed by atoms with E-state index in [2.05, 4.69) is 0 Å². The summed E-state index contributed by atoms with van der Waals surface area (Å²) in [5.41, 5.74) is 0. The molecule has 0 atom stereocenters. The van der Waals surface area contributed by atoms with E-state index < -0.39 is 5.97 Å². The zero-order chi connectivity index (χ0) is 3.58. The Morgan fingerprint density at radius 1 is 1.20 bits per heavy atom. The van der Waals surface area contributed by atoms with E-state index in [9.17, 15) is 0 Å². The van der Waals surface area contributed by atoms with E-state index in [1.54, 1.807) is 0 Å². The van der Waals surface area contributed by atoms with Crippen molar-refractivity contribution in [3.05, 3.63) is 0 Å². The molecule has 0 bridgehead atoms. The van der Waals surface area contributed by atoms with Gasteiger partial charge in [0.2, 0.25) is 0 Å². The van der Waals surface area contributed by atoms with Crippen LogP contribution in [-0.4, -0.2) is 34.1 Å². The first-order valence-electron chi connectivity index (χ1n) is 0.928. The molecule has 0 unspecified atom stereocenters. The van der Waals surface area contributed by atoms with Crippen LogP contribution in [0.25, 0.3) is 0 Å². The van der Waals surface area contributed by atoms with Gasteiger partial charge < -0.3 is 7.96 Å². The summed E-state index contributed by atoms with van der Waals surface area (Å²) in [4.78, 5) is 9.00. The van der Waals surface area contributed by atoms with Gasteiger partial charge in [0.15, 0.2) is 0 Å². The number of carboxylic acid groups (broad SMARTS) is 1. The summed E-state index contributed by atoms with van der Waals surface area (Å²) in [5, 5.41) is 7.42. The fourth-order valence-corrected chi connectivity index (χ4v) is 0. The second-order valence-corrected chi connectivity index (χ2v) is 0.519. The largest absolute Gasteiger partial charge is 2.00 e. The van der Waals surface area contributed by atoms with Gasteiger partial charge in [0.05, 0.1) is 0 Å². The predicted octanol–water partition coefficient (Wildman–Crippen LogP) is 1.62. The van der Waals surface area contributed by atoms with Crippen LogP contribution >= 0.6 is 49.6 Å². The van der Waals surface area contributed by atoms with Gasteiger partial charge in [-0.1, -0.05) is 0 Å². The van der Waals surface area contributed by atoms with Gasteiger partial charge in [-0.25, -0.2) is 0 Å². The van der Waals surface area contributed by atoms with E-state index >= 15 is 0 Å². The molecular weight excluding hydrogens is 313 g/mol. The predicted molar refractivity (Wildman–Crippen MR) is 50.3 cm³/mol. The quantitative estimate of drug-likeness (QED) is 0.688. The molecule has 0 rings (SSSR count). The molecule has 0 fully saturated rings. The topological polar surface area (TPSA) is 37.3 Å². The second kappa shape index (κ2) is 42.8. The molecule has 2 nitrogen and oxygen atoms in total. The third kappa shape index (κ3) is 170. The first kappa shape index (κ1) is 56.1. The Balaban J connectivity index is -0.00000000161. The molecular formula is C2H10Cl4MgO2Zr. The SMILES string of the molecule is CC(=O)O.Cl.Cl.Cl.Cl.[H-].[H-].[Mg+2].[Zr]. The number of halogens is 4. The van der Waals surface area contributed by atoms with Gasteiger partial charge in [-0.3, -0.25) is 4.79 Å². The molecule has 0 heterocycles. The molecule has 1 N–H and O–H groups in total. The van der Waals surface area contributed by atoms with Crippen molar-refractivity contribution < 1.29 is 39.0 Å². The third-order valence-corrected chi connectivity index (χ3v) is 0. The third-order valence-electron chi connectivity index (χ3n) is 0. The summed E-state index contributed by atoms with van der Waals surface area (Å²) in [7, 11) is 0. The maximum absolute atomic E-state index is 9.00. The first-order chi connectivity index (χ1) is 1.73. The second-order valence-electron chi connectivity index (χ2n) is 0.519. The summed E-state index contributed by atoms with van der Waals surface area (Å²) in [6.07, 6.45) is 0. The Labute approximate surface area is 123 Å². The average molecular weight is 323 g/mol. The molecule has 8 heteroatoms. The summed E-state index contributed by atoms with van der Waals surface area (Å²) in [6, 6.07) is 0. The number of rotatable bonds is 0. The van der Waals surface area contributed by atoms with Gasteiger partial charge in [-0.15, -0.1) is 49.6 Å². The molecule has 0 aliphatic carbocycles. The van der Waals surface area contributed by atoms with E-state index in [1.165, 1.54) is 0 Å². The van der Waals surface area contributed by atoms with Crippen molar-refractivity contribution in [3.8, 4) is 0 Å². The molecule has 64 valence electrons. The maximum Gasteiger partial charge on any atom is 2.00 e. The van der Waals surface area contributed by atoms with Crippen molar-refractivity contribution in [2.45, 2.75) is 6.92 Å². The van der Waals surface area contributed by atoms with E-state index in [-0.39, 0.29) is 102 Å².